The Balaban J connectivity index is 1.75. The van der Waals surface area contributed by atoms with Crippen LogP contribution in [0.25, 0.3) is 6.08 Å². The summed E-state index contributed by atoms with van der Waals surface area (Å²) in [5.74, 6) is 1.25. The van der Waals surface area contributed by atoms with Crippen LogP contribution in [0, 0.1) is 0 Å². The number of para-hydroxylation sites is 1. The third-order valence-electron chi connectivity index (χ3n) is 2.85. The third-order valence-corrected chi connectivity index (χ3v) is 2.85. The smallest absolute Gasteiger partial charge is 0.244 e. The van der Waals surface area contributed by atoms with E-state index in [9.17, 15) is 4.79 Å². The van der Waals surface area contributed by atoms with E-state index in [2.05, 4.69) is 20.6 Å². The standard InChI is InChI=1S/C16H18N4O2/c1-22-14-5-3-2-4-13(14)6-7-16(21)20-11-10-19-15-12-17-8-9-18-15/h2-9,12H,10-11H2,1H3,(H,18,19)(H,20,21)/b7-6-. The minimum Gasteiger partial charge on any atom is -0.496 e. The van der Waals surface area contributed by atoms with Gasteiger partial charge in [0.05, 0.1) is 13.3 Å². The zero-order chi connectivity index (χ0) is 15.6. The number of hydrogen-bond acceptors (Lipinski definition) is 5. The lowest BCUT2D eigenvalue weighted by Crippen LogP contribution is -2.27. The first-order valence-corrected chi connectivity index (χ1v) is 6.88. The van der Waals surface area contributed by atoms with Crippen molar-refractivity contribution in [1.82, 2.24) is 15.3 Å². The number of aromatic nitrogens is 2. The van der Waals surface area contributed by atoms with E-state index >= 15 is 0 Å². The van der Waals surface area contributed by atoms with Crippen LogP contribution < -0.4 is 15.4 Å². The first-order chi connectivity index (χ1) is 10.8. The van der Waals surface area contributed by atoms with Gasteiger partial charge >= 0.3 is 0 Å². The van der Waals surface area contributed by atoms with E-state index in [0.29, 0.717) is 18.9 Å². The van der Waals surface area contributed by atoms with Crippen molar-refractivity contribution in [3.63, 3.8) is 0 Å². The second kappa shape index (κ2) is 8.41. The summed E-state index contributed by atoms with van der Waals surface area (Å²) >= 11 is 0. The molecular weight excluding hydrogens is 280 g/mol. The number of anilines is 1. The predicted molar refractivity (Wildman–Crippen MR) is 85.6 cm³/mol. The summed E-state index contributed by atoms with van der Waals surface area (Å²) in [7, 11) is 1.60. The second-order valence-corrected chi connectivity index (χ2v) is 4.38. The average molecular weight is 298 g/mol. The van der Waals surface area contributed by atoms with Gasteiger partial charge in [-0.2, -0.15) is 0 Å². The molecule has 0 unspecified atom stereocenters. The van der Waals surface area contributed by atoms with Gasteiger partial charge in [0.1, 0.15) is 11.6 Å². The second-order valence-electron chi connectivity index (χ2n) is 4.38. The number of ether oxygens (including phenoxy) is 1. The summed E-state index contributed by atoms with van der Waals surface area (Å²) in [5.41, 5.74) is 0.859. The van der Waals surface area contributed by atoms with Crippen LogP contribution in [0.2, 0.25) is 0 Å². The molecule has 1 amide bonds. The monoisotopic (exact) mass is 298 g/mol. The molecule has 2 N–H and O–H groups in total. The quantitative estimate of drug-likeness (QED) is 0.601. The lowest BCUT2D eigenvalue weighted by Gasteiger charge is -2.05. The maximum atomic E-state index is 11.7. The molecule has 2 aromatic rings. The number of carbonyl (C=O) groups is 1. The van der Waals surface area contributed by atoms with Gasteiger partial charge in [-0.1, -0.05) is 18.2 Å². The highest BCUT2D eigenvalue weighted by Crippen LogP contribution is 2.18. The highest BCUT2D eigenvalue weighted by atomic mass is 16.5. The van der Waals surface area contributed by atoms with Gasteiger partial charge in [0.15, 0.2) is 0 Å². The lowest BCUT2D eigenvalue weighted by atomic mass is 10.2. The van der Waals surface area contributed by atoms with Crippen LogP contribution in [-0.4, -0.2) is 36.1 Å². The molecule has 0 aliphatic carbocycles. The summed E-state index contributed by atoms with van der Waals surface area (Å²) in [6.07, 6.45) is 8.06. The van der Waals surface area contributed by atoms with Crippen molar-refractivity contribution >= 4 is 17.8 Å². The van der Waals surface area contributed by atoms with Gasteiger partial charge in [-0.25, -0.2) is 4.98 Å². The molecule has 0 aliphatic rings. The Morgan fingerprint density at radius 2 is 2.14 bits per heavy atom. The van der Waals surface area contributed by atoms with Crippen LogP contribution in [0.4, 0.5) is 5.82 Å². The van der Waals surface area contributed by atoms with Gasteiger partial charge in [0, 0.05) is 37.1 Å². The first kappa shape index (κ1) is 15.5. The number of rotatable bonds is 7. The van der Waals surface area contributed by atoms with Crippen LogP contribution in [0.15, 0.2) is 48.9 Å². The van der Waals surface area contributed by atoms with E-state index in [1.54, 1.807) is 31.8 Å². The Kier molecular flexibility index (Phi) is 5.92. The van der Waals surface area contributed by atoms with E-state index in [0.717, 1.165) is 11.3 Å². The molecule has 1 aromatic heterocycles. The van der Waals surface area contributed by atoms with Crippen molar-refractivity contribution in [1.29, 1.82) is 0 Å². The van der Waals surface area contributed by atoms with Crippen molar-refractivity contribution in [2.75, 3.05) is 25.5 Å². The summed E-state index contributed by atoms with van der Waals surface area (Å²) in [6.45, 7) is 1.07. The van der Waals surface area contributed by atoms with E-state index < -0.39 is 0 Å². The van der Waals surface area contributed by atoms with Crippen molar-refractivity contribution in [3.05, 3.63) is 54.5 Å². The number of amides is 1. The van der Waals surface area contributed by atoms with E-state index in [4.69, 9.17) is 4.74 Å². The fourth-order valence-electron chi connectivity index (χ4n) is 1.80. The molecule has 0 atom stereocenters. The fraction of sp³-hybridized carbons (Fsp3) is 0.188. The number of carbonyl (C=O) groups excluding carboxylic acids is 1. The number of nitrogens with zero attached hydrogens (tertiary/aromatic N) is 2. The van der Waals surface area contributed by atoms with Gasteiger partial charge in [-0.15, -0.1) is 0 Å². The zero-order valence-electron chi connectivity index (χ0n) is 12.3. The summed E-state index contributed by atoms with van der Waals surface area (Å²) in [4.78, 5) is 19.8. The van der Waals surface area contributed by atoms with Gasteiger partial charge < -0.3 is 15.4 Å². The topological polar surface area (TPSA) is 76.1 Å². The Morgan fingerprint density at radius 1 is 1.27 bits per heavy atom. The maximum absolute atomic E-state index is 11.7. The van der Waals surface area contributed by atoms with Crippen LogP contribution >= 0.6 is 0 Å². The molecule has 6 nitrogen and oxygen atoms in total. The normalized spacial score (nSPS) is 10.4. The molecule has 0 spiro atoms. The minimum absolute atomic E-state index is 0.160. The molecule has 0 bridgehead atoms. The largest absolute Gasteiger partial charge is 0.496 e. The highest BCUT2D eigenvalue weighted by Gasteiger charge is 1.99. The lowest BCUT2D eigenvalue weighted by molar-refractivity contribution is -0.116. The first-order valence-electron chi connectivity index (χ1n) is 6.88. The molecule has 0 saturated carbocycles. The SMILES string of the molecule is COc1ccccc1/C=C\C(=O)NCCNc1cnccn1. The maximum Gasteiger partial charge on any atom is 0.244 e. The van der Waals surface area contributed by atoms with Crippen molar-refractivity contribution in [2.45, 2.75) is 0 Å². The molecular formula is C16H18N4O2. The molecule has 114 valence electrons. The van der Waals surface area contributed by atoms with E-state index in [1.807, 2.05) is 24.3 Å². The molecule has 0 radical (unpaired) electrons. The molecule has 1 heterocycles. The number of nitrogens with one attached hydrogen (secondary N) is 2. The Morgan fingerprint density at radius 3 is 2.91 bits per heavy atom. The number of methoxy groups -OCH3 is 1. The van der Waals surface area contributed by atoms with Crippen molar-refractivity contribution in [2.24, 2.45) is 0 Å². The minimum atomic E-state index is -0.160. The molecule has 0 saturated heterocycles. The Labute approximate surface area is 129 Å². The van der Waals surface area contributed by atoms with Gasteiger partial charge in [0.2, 0.25) is 5.91 Å². The Bertz CT molecular complexity index is 629. The third kappa shape index (κ3) is 4.90. The molecule has 1 aromatic carbocycles. The van der Waals surface area contributed by atoms with E-state index in [1.165, 1.54) is 6.08 Å². The molecule has 0 fully saturated rings. The van der Waals surface area contributed by atoms with Gasteiger partial charge in [-0.3, -0.25) is 9.78 Å². The van der Waals surface area contributed by atoms with E-state index in [-0.39, 0.29) is 5.91 Å². The average Bonchev–Trinajstić information content (AvgIpc) is 2.58. The van der Waals surface area contributed by atoms with Crippen LogP contribution in [0.5, 0.6) is 5.75 Å². The molecule has 6 heteroatoms. The number of hydrogen-bond donors (Lipinski definition) is 2. The van der Waals surface area contributed by atoms with Crippen LogP contribution in [0.1, 0.15) is 5.56 Å². The fourth-order valence-corrected chi connectivity index (χ4v) is 1.80. The molecule has 22 heavy (non-hydrogen) atoms. The zero-order valence-corrected chi connectivity index (χ0v) is 12.3. The Hall–Kier alpha value is -2.89. The summed E-state index contributed by atoms with van der Waals surface area (Å²) in [5, 5.41) is 5.84. The predicted octanol–water partition coefficient (Wildman–Crippen LogP) is 1.73. The number of benzene rings is 1. The van der Waals surface area contributed by atoms with Gasteiger partial charge in [-0.05, 0) is 12.1 Å². The summed E-state index contributed by atoms with van der Waals surface area (Å²) < 4.78 is 5.22. The summed E-state index contributed by atoms with van der Waals surface area (Å²) in [6, 6.07) is 7.51. The van der Waals surface area contributed by atoms with Crippen molar-refractivity contribution < 1.29 is 9.53 Å². The van der Waals surface area contributed by atoms with Crippen LogP contribution in [0.3, 0.4) is 0 Å². The molecule has 2 rings (SSSR count). The van der Waals surface area contributed by atoms with Crippen molar-refractivity contribution in [3.8, 4) is 5.75 Å². The van der Waals surface area contributed by atoms with Crippen LogP contribution in [-0.2, 0) is 4.79 Å². The van der Waals surface area contributed by atoms with Gasteiger partial charge in [0.25, 0.3) is 0 Å². The highest BCUT2D eigenvalue weighted by molar-refractivity contribution is 5.92. The molecule has 0 aliphatic heterocycles.